The van der Waals surface area contributed by atoms with E-state index in [1.807, 2.05) is 0 Å². The van der Waals surface area contributed by atoms with Crippen LogP contribution in [0.3, 0.4) is 0 Å². The summed E-state index contributed by atoms with van der Waals surface area (Å²) in [5, 5.41) is 0.160. The molecule has 0 spiro atoms. The number of halogens is 1. The molecule has 6 nitrogen and oxygen atoms in total. The number of ketones is 1. The number of ether oxygens (including phenoxy) is 1. The lowest BCUT2D eigenvalue weighted by Gasteiger charge is -2.04. The van der Waals surface area contributed by atoms with Gasteiger partial charge in [-0.25, -0.2) is 4.98 Å². The van der Waals surface area contributed by atoms with Gasteiger partial charge >= 0.3 is 0 Å². The standard InChI is InChI=1S/C12H9ClN2O4/c13-11-9(2-1-3-15-11)19-6-8(16)10-4-7(5-18-10)12(14)17/h1-5H,6H2,(H2,14,17). The second kappa shape index (κ2) is 5.53. The Kier molecular flexibility index (Phi) is 3.82. The summed E-state index contributed by atoms with van der Waals surface area (Å²) in [5.74, 6) is -0.820. The predicted octanol–water partition coefficient (Wildman–Crippen LogP) is 1.69. The third kappa shape index (κ3) is 3.11. The molecule has 0 aromatic carbocycles. The lowest BCUT2D eigenvalue weighted by Crippen LogP contribution is -2.12. The lowest BCUT2D eigenvalue weighted by atomic mass is 10.2. The normalized spacial score (nSPS) is 10.2. The highest BCUT2D eigenvalue weighted by molar-refractivity contribution is 6.30. The molecule has 2 N–H and O–H groups in total. The number of carbonyl (C=O) groups is 2. The summed E-state index contributed by atoms with van der Waals surface area (Å²) in [7, 11) is 0. The summed E-state index contributed by atoms with van der Waals surface area (Å²) < 4.78 is 10.1. The van der Waals surface area contributed by atoms with Crippen molar-refractivity contribution >= 4 is 23.3 Å². The van der Waals surface area contributed by atoms with Crippen molar-refractivity contribution in [3.63, 3.8) is 0 Å². The first-order valence-corrected chi connectivity index (χ1v) is 5.60. The largest absolute Gasteiger partial charge is 0.482 e. The van der Waals surface area contributed by atoms with Crippen molar-refractivity contribution in [2.75, 3.05) is 6.61 Å². The molecule has 2 aromatic heterocycles. The molecule has 2 aromatic rings. The lowest BCUT2D eigenvalue weighted by molar-refractivity contribution is 0.0893. The number of primary amides is 1. The van der Waals surface area contributed by atoms with Gasteiger partial charge in [-0.1, -0.05) is 11.6 Å². The molecule has 0 unspecified atom stereocenters. The van der Waals surface area contributed by atoms with Gasteiger partial charge in [0.15, 0.2) is 23.3 Å². The van der Waals surface area contributed by atoms with Crippen LogP contribution in [-0.2, 0) is 0 Å². The number of rotatable bonds is 5. The fourth-order valence-corrected chi connectivity index (χ4v) is 1.48. The maximum Gasteiger partial charge on any atom is 0.251 e. The highest BCUT2D eigenvalue weighted by atomic mass is 35.5. The van der Waals surface area contributed by atoms with Gasteiger partial charge in [-0.05, 0) is 12.1 Å². The molecule has 0 aliphatic carbocycles. The van der Waals surface area contributed by atoms with Gasteiger partial charge in [0, 0.05) is 12.3 Å². The minimum atomic E-state index is -0.668. The van der Waals surface area contributed by atoms with Crippen LogP contribution < -0.4 is 10.5 Å². The van der Waals surface area contributed by atoms with Gasteiger partial charge in [0.25, 0.3) is 5.91 Å². The second-order valence-electron chi connectivity index (χ2n) is 3.57. The molecule has 0 bridgehead atoms. The van der Waals surface area contributed by atoms with Crippen molar-refractivity contribution in [3.8, 4) is 5.75 Å². The number of carbonyl (C=O) groups excluding carboxylic acids is 2. The summed E-state index contributed by atoms with van der Waals surface area (Å²) in [6.45, 7) is -0.281. The first-order valence-electron chi connectivity index (χ1n) is 5.23. The molecule has 0 saturated heterocycles. The van der Waals surface area contributed by atoms with Crippen LogP contribution >= 0.6 is 11.6 Å². The molecule has 0 radical (unpaired) electrons. The first kappa shape index (κ1) is 13.1. The first-order chi connectivity index (χ1) is 9.08. The molecular formula is C12H9ClN2O4. The Morgan fingerprint density at radius 1 is 1.47 bits per heavy atom. The van der Waals surface area contributed by atoms with Gasteiger partial charge in [-0.15, -0.1) is 0 Å². The third-order valence-electron chi connectivity index (χ3n) is 2.24. The number of furan rings is 1. The smallest absolute Gasteiger partial charge is 0.251 e. The summed E-state index contributed by atoms with van der Waals surface area (Å²) in [6, 6.07) is 4.47. The number of pyridine rings is 1. The number of aromatic nitrogens is 1. The minimum absolute atomic E-state index is 0.00573. The Morgan fingerprint density at radius 2 is 2.26 bits per heavy atom. The highest BCUT2D eigenvalue weighted by Crippen LogP contribution is 2.20. The van der Waals surface area contributed by atoms with Gasteiger partial charge in [0.1, 0.15) is 6.26 Å². The van der Waals surface area contributed by atoms with Crippen LogP contribution in [0.4, 0.5) is 0 Å². The van der Waals surface area contributed by atoms with E-state index in [9.17, 15) is 9.59 Å². The third-order valence-corrected chi connectivity index (χ3v) is 2.53. The van der Waals surface area contributed by atoms with E-state index in [4.69, 9.17) is 26.5 Å². The van der Waals surface area contributed by atoms with E-state index >= 15 is 0 Å². The summed E-state index contributed by atoms with van der Waals surface area (Å²) >= 11 is 5.77. The number of hydrogen-bond donors (Lipinski definition) is 1. The van der Waals surface area contributed by atoms with Crippen molar-refractivity contribution < 1.29 is 18.7 Å². The van der Waals surface area contributed by atoms with Crippen molar-refractivity contribution in [1.29, 1.82) is 0 Å². The van der Waals surface area contributed by atoms with Crippen molar-refractivity contribution in [3.05, 3.63) is 47.1 Å². The number of nitrogens with two attached hydrogens (primary N) is 1. The predicted molar refractivity (Wildman–Crippen MR) is 66.3 cm³/mol. The molecule has 2 rings (SSSR count). The zero-order valence-electron chi connectivity index (χ0n) is 9.63. The van der Waals surface area contributed by atoms with Crippen LogP contribution in [0.5, 0.6) is 5.75 Å². The molecular weight excluding hydrogens is 272 g/mol. The molecule has 0 atom stereocenters. The maximum atomic E-state index is 11.7. The van der Waals surface area contributed by atoms with E-state index in [1.54, 1.807) is 12.1 Å². The number of hydrogen-bond acceptors (Lipinski definition) is 5. The summed E-state index contributed by atoms with van der Waals surface area (Å²) in [4.78, 5) is 26.4. The molecule has 0 saturated carbocycles. The number of Topliss-reactive ketones (excluding diaryl/α,β-unsaturated/α-hetero) is 1. The minimum Gasteiger partial charge on any atom is -0.482 e. The molecule has 98 valence electrons. The monoisotopic (exact) mass is 280 g/mol. The maximum absolute atomic E-state index is 11.7. The van der Waals surface area contributed by atoms with Crippen molar-refractivity contribution in [2.24, 2.45) is 5.73 Å². The van der Waals surface area contributed by atoms with E-state index in [0.717, 1.165) is 6.26 Å². The van der Waals surface area contributed by atoms with Gasteiger partial charge in [0.05, 0.1) is 5.56 Å². The van der Waals surface area contributed by atoms with Gasteiger partial charge < -0.3 is 14.9 Å². The number of amides is 1. The Labute approximate surface area is 113 Å². The Balaban J connectivity index is 2.01. The molecule has 1 amide bonds. The average Bonchev–Trinajstić information content (AvgIpc) is 2.87. The van der Waals surface area contributed by atoms with Crippen LogP contribution in [-0.4, -0.2) is 23.3 Å². The van der Waals surface area contributed by atoms with E-state index in [2.05, 4.69) is 4.98 Å². The average molecular weight is 281 g/mol. The molecule has 19 heavy (non-hydrogen) atoms. The second-order valence-corrected chi connectivity index (χ2v) is 3.93. The number of nitrogens with zero attached hydrogens (tertiary/aromatic N) is 1. The molecule has 0 fully saturated rings. The SMILES string of the molecule is NC(=O)c1coc(C(=O)COc2cccnc2Cl)c1. The highest BCUT2D eigenvalue weighted by Gasteiger charge is 2.15. The van der Waals surface area contributed by atoms with E-state index < -0.39 is 11.7 Å². The van der Waals surface area contributed by atoms with Gasteiger partial charge in [0.2, 0.25) is 5.78 Å². The molecule has 2 heterocycles. The van der Waals surface area contributed by atoms with Crippen LogP contribution in [0.2, 0.25) is 5.15 Å². The molecule has 0 aliphatic heterocycles. The Hall–Kier alpha value is -2.34. The van der Waals surface area contributed by atoms with E-state index in [-0.39, 0.29) is 23.1 Å². The van der Waals surface area contributed by atoms with Crippen molar-refractivity contribution in [2.45, 2.75) is 0 Å². The Morgan fingerprint density at radius 3 is 2.89 bits per heavy atom. The quantitative estimate of drug-likeness (QED) is 0.664. The van der Waals surface area contributed by atoms with Crippen LogP contribution in [0.25, 0.3) is 0 Å². The molecule has 7 heteroatoms. The van der Waals surface area contributed by atoms with Crippen LogP contribution in [0, 0.1) is 0 Å². The van der Waals surface area contributed by atoms with E-state index in [0.29, 0.717) is 5.75 Å². The topological polar surface area (TPSA) is 95.4 Å². The van der Waals surface area contributed by atoms with E-state index in [1.165, 1.54) is 12.3 Å². The van der Waals surface area contributed by atoms with Crippen molar-refractivity contribution in [1.82, 2.24) is 4.98 Å². The summed E-state index contributed by atoms with van der Waals surface area (Å²) in [5.41, 5.74) is 5.17. The van der Waals surface area contributed by atoms with Crippen LogP contribution in [0.15, 0.2) is 35.1 Å². The van der Waals surface area contributed by atoms with Gasteiger partial charge in [-0.2, -0.15) is 0 Å². The fourth-order valence-electron chi connectivity index (χ4n) is 1.31. The molecule has 0 aliphatic rings. The zero-order valence-corrected chi connectivity index (χ0v) is 10.4. The van der Waals surface area contributed by atoms with Crippen LogP contribution in [0.1, 0.15) is 20.9 Å². The van der Waals surface area contributed by atoms with Gasteiger partial charge in [-0.3, -0.25) is 9.59 Å². The Bertz CT molecular complexity index is 624. The zero-order chi connectivity index (χ0) is 13.8. The summed E-state index contributed by atoms with van der Waals surface area (Å²) in [6.07, 6.45) is 2.62. The fraction of sp³-hybridized carbons (Fsp3) is 0.0833.